The third-order valence-electron chi connectivity index (χ3n) is 6.28. The fourth-order valence-corrected chi connectivity index (χ4v) is 4.54. The van der Waals surface area contributed by atoms with E-state index in [1.807, 2.05) is 36.4 Å². The first kappa shape index (κ1) is 21.3. The van der Waals surface area contributed by atoms with Crippen molar-refractivity contribution in [1.82, 2.24) is 9.80 Å². The summed E-state index contributed by atoms with van der Waals surface area (Å²) in [6, 6.07) is 19.1. The van der Waals surface area contributed by atoms with Gasteiger partial charge in [0.15, 0.2) is 11.5 Å². The van der Waals surface area contributed by atoms with Gasteiger partial charge in [-0.2, -0.15) is 0 Å². The van der Waals surface area contributed by atoms with Gasteiger partial charge in [-0.3, -0.25) is 9.69 Å². The van der Waals surface area contributed by atoms with Crippen LogP contribution < -0.4 is 15.2 Å². The maximum Gasteiger partial charge on any atom is 0.328 e. The third kappa shape index (κ3) is 4.24. The highest BCUT2D eigenvalue weighted by molar-refractivity contribution is 6.04. The van der Waals surface area contributed by atoms with Crippen molar-refractivity contribution in [3.05, 3.63) is 71.8 Å². The number of unbranched alkanes of at least 4 members (excludes halogenated alkanes) is 1. The third-order valence-corrected chi connectivity index (χ3v) is 6.28. The monoisotopic (exact) mass is 445 g/mol. The number of carbonyl (C=O) groups is 2. The van der Waals surface area contributed by atoms with E-state index in [9.17, 15) is 9.59 Å². The van der Waals surface area contributed by atoms with Crippen LogP contribution in [0.25, 0.3) is 10.8 Å². The van der Waals surface area contributed by atoms with E-state index in [1.54, 1.807) is 4.90 Å². The Morgan fingerprint density at radius 2 is 1.61 bits per heavy atom. The molecular weight excluding hydrogens is 418 g/mol. The van der Waals surface area contributed by atoms with Crippen LogP contribution in [0.5, 0.6) is 11.5 Å². The van der Waals surface area contributed by atoms with Crippen molar-refractivity contribution in [2.24, 2.45) is 5.73 Å². The second-order valence-electron chi connectivity index (χ2n) is 8.50. The number of amides is 3. The van der Waals surface area contributed by atoms with Gasteiger partial charge in [0.2, 0.25) is 6.79 Å². The molecular formula is C26H27N3O4. The number of nitrogens with two attached hydrogens (primary N) is 1. The van der Waals surface area contributed by atoms with Crippen LogP contribution in [0.2, 0.25) is 0 Å². The average Bonchev–Trinajstić information content (AvgIpc) is 3.38. The predicted octanol–water partition coefficient (Wildman–Crippen LogP) is 4.03. The van der Waals surface area contributed by atoms with Gasteiger partial charge in [-0.05, 0) is 65.9 Å². The first-order valence-electron chi connectivity index (χ1n) is 11.3. The lowest BCUT2D eigenvalue weighted by atomic mass is 10.0. The minimum atomic E-state index is -0.482. The summed E-state index contributed by atoms with van der Waals surface area (Å²) < 4.78 is 10.8. The number of hydrogen-bond donors (Lipinski definition) is 1. The molecule has 3 aromatic rings. The lowest BCUT2D eigenvalue weighted by Crippen LogP contribution is -2.34. The molecule has 7 heteroatoms. The standard InChI is InChI=1S/C26H27N3O4/c27-12-4-3-7-22-25(30)29(16-19-9-11-23-24(14-19)33-17-32-23)26(31)28(22)15-18-8-10-20-5-1-2-6-21(20)13-18/h1-2,5-6,8-11,13-14,22H,3-4,7,12,15-17,27H2/t22-/m0/s1. The summed E-state index contributed by atoms with van der Waals surface area (Å²) in [6.07, 6.45) is 2.23. The van der Waals surface area contributed by atoms with Crippen molar-refractivity contribution in [2.45, 2.75) is 38.4 Å². The maximum atomic E-state index is 13.4. The summed E-state index contributed by atoms with van der Waals surface area (Å²) >= 11 is 0. The Hall–Kier alpha value is -3.58. The summed E-state index contributed by atoms with van der Waals surface area (Å²) in [6.45, 7) is 1.35. The van der Waals surface area contributed by atoms with Crippen LogP contribution in [0.15, 0.2) is 60.7 Å². The molecule has 2 heterocycles. The van der Waals surface area contributed by atoms with Crippen molar-refractivity contribution in [2.75, 3.05) is 13.3 Å². The molecule has 3 aromatic carbocycles. The largest absolute Gasteiger partial charge is 0.454 e. The van der Waals surface area contributed by atoms with E-state index < -0.39 is 6.04 Å². The predicted molar refractivity (Wildman–Crippen MR) is 125 cm³/mol. The topological polar surface area (TPSA) is 85.1 Å². The smallest absolute Gasteiger partial charge is 0.328 e. The van der Waals surface area contributed by atoms with Gasteiger partial charge in [0.1, 0.15) is 6.04 Å². The first-order chi connectivity index (χ1) is 16.1. The van der Waals surface area contributed by atoms with Crippen LogP contribution in [0, 0.1) is 0 Å². The van der Waals surface area contributed by atoms with Crippen LogP contribution >= 0.6 is 0 Å². The van der Waals surface area contributed by atoms with Gasteiger partial charge in [-0.1, -0.05) is 42.5 Å². The van der Waals surface area contributed by atoms with Gasteiger partial charge in [0.25, 0.3) is 5.91 Å². The zero-order chi connectivity index (χ0) is 22.8. The van der Waals surface area contributed by atoms with Crippen molar-refractivity contribution in [1.29, 1.82) is 0 Å². The molecule has 0 aliphatic carbocycles. The minimum absolute atomic E-state index is 0.157. The Balaban J connectivity index is 1.39. The molecule has 2 aliphatic rings. The van der Waals surface area contributed by atoms with Crippen LogP contribution in [0.1, 0.15) is 30.4 Å². The summed E-state index contributed by atoms with van der Waals surface area (Å²) in [4.78, 5) is 29.8. The van der Waals surface area contributed by atoms with Crippen molar-refractivity contribution in [3.63, 3.8) is 0 Å². The second kappa shape index (κ2) is 9.11. The van der Waals surface area contributed by atoms with Crippen LogP contribution in [-0.4, -0.2) is 41.1 Å². The van der Waals surface area contributed by atoms with E-state index in [0.29, 0.717) is 31.0 Å². The Bertz CT molecular complexity index is 1200. The molecule has 0 spiro atoms. The molecule has 33 heavy (non-hydrogen) atoms. The number of ether oxygens (including phenoxy) is 2. The number of carbonyl (C=O) groups excluding carboxylic acids is 2. The lowest BCUT2D eigenvalue weighted by molar-refractivity contribution is -0.129. The number of urea groups is 1. The van der Waals surface area contributed by atoms with E-state index in [-0.39, 0.29) is 25.3 Å². The molecule has 2 aliphatic heterocycles. The first-order valence-corrected chi connectivity index (χ1v) is 11.3. The molecule has 3 amide bonds. The van der Waals surface area contributed by atoms with Gasteiger partial charge >= 0.3 is 6.03 Å². The number of rotatable bonds is 8. The van der Waals surface area contributed by atoms with Gasteiger partial charge in [0.05, 0.1) is 6.54 Å². The summed E-state index contributed by atoms with van der Waals surface area (Å²) in [7, 11) is 0. The highest BCUT2D eigenvalue weighted by atomic mass is 16.7. The number of benzene rings is 3. The summed E-state index contributed by atoms with van der Waals surface area (Å²) in [5.41, 5.74) is 7.49. The van der Waals surface area contributed by atoms with Crippen molar-refractivity contribution < 1.29 is 19.1 Å². The Kier molecular flexibility index (Phi) is 5.88. The number of nitrogens with zero attached hydrogens (tertiary/aromatic N) is 2. The molecule has 1 fully saturated rings. The fraction of sp³-hybridized carbons (Fsp3) is 0.308. The number of imide groups is 1. The lowest BCUT2D eigenvalue weighted by Gasteiger charge is -2.22. The zero-order valence-corrected chi connectivity index (χ0v) is 18.4. The highest BCUT2D eigenvalue weighted by Gasteiger charge is 2.44. The van der Waals surface area contributed by atoms with E-state index in [4.69, 9.17) is 15.2 Å². The molecule has 0 unspecified atom stereocenters. The Morgan fingerprint density at radius 1 is 0.848 bits per heavy atom. The van der Waals surface area contributed by atoms with Gasteiger partial charge < -0.3 is 20.1 Å². The quantitative estimate of drug-likeness (QED) is 0.418. The van der Waals surface area contributed by atoms with Gasteiger partial charge in [0, 0.05) is 6.54 Å². The minimum Gasteiger partial charge on any atom is -0.454 e. The molecule has 0 aromatic heterocycles. The SMILES string of the molecule is NCCCC[C@H]1C(=O)N(Cc2ccc3c(c2)OCO3)C(=O)N1Cc1ccc2ccccc2c1. The molecule has 7 nitrogen and oxygen atoms in total. The van der Waals surface area contributed by atoms with E-state index >= 15 is 0 Å². The average molecular weight is 446 g/mol. The van der Waals surface area contributed by atoms with Crippen LogP contribution in [0.4, 0.5) is 4.79 Å². The molecule has 1 saturated heterocycles. The van der Waals surface area contributed by atoms with Gasteiger partial charge in [-0.15, -0.1) is 0 Å². The van der Waals surface area contributed by atoms with Crippen molar-refractivity contribution in [3.8, 4) is 11.5 Å². The second-order valence-corrected chi connectivity index (χ2v) is 8.50. The highest BCUT2D eigenvalue weighted by Crippen LogP contribution is 2.34. The normalized spacial score (nSPS) is 17.4. The Morgan fingerprint density at radius 3 is 2.45 bits per heavy atom. The molecule has 0 saturated carbocycles. The van der Waals surface area contributed by atoms with E-state index in [2.05, 4.69) is 24.3 Å². The van der Waals surface area contributed by atoms with Crippen LogP contribution in [-0.2, 0) is 17.9 Å². The zero-order valence-electron chi connectivity index (χ0n) is 18.4. The number of hydrogen-bond acceptors (Lipinski definition) is 5. The molecule has 5 rings (SSSR count). The Labute approximate surface area is 192 Å². The summed E-state index contributed by atoms with van der Waals surface area (Å²) in [5.74, 6) is 1.16. The van der Waals surface area contributed by atoms with E-state index in [1.165, 1.54) is 4.90 Å². The molecule has 0 radical (unpaired) electrons. The van der Waals surface area contributed by atoms with E-state index in [0.717, 1.165) is 34.7 Å². The number of fused-ring (bicyclic) bond motifs is 2. The van der Waals surface area contributed by atoms with Gasteiger partial charge in [-0.25, -0.2) is 4.79 Å². The van der Waals surface area contributed by atoms with Crippen LogP contribution in [0.3, 0.4) is 0 Å². The molecule has 1 atom stereocenters. The molecule has 170 valence electrons. The molecule has 0 bridgehead atoms. The maximum absolute atomic E-state index is 13.4. The fourth-order valence-electron chi connectivity index (χ4n) is 4.54. The summed E-state index contributed by atoms with van der Waals surface area (Å²) in [5, 5.41) is 2.26. The molecule has 2 N–H and O–H groups in total. The van der Waals surface area contributed by atoms with Crippen molar-refractivity contribution >= 4 is 22.7 Å².